The van der Waals surface area contributed by atoms with Crippen LogP contribution < -0.4 is 5.32 Å². The third-order valence-electron chi connectivity index (χ3n) is 4.48. The fourth-order valence-corrected chi connectivity index (χ4v) is 3.49. The fourth-order valence-electron chi connectivity index (χ4n) is 3.31. The van der Waals surface area contributed by atoms with Crippen LogP contribution in [0.3, 0.4) is 0 Å². The first kappa shape index (κ1) is 15.0. The Morgan fingerprint density at radius 1 is 1.08 bits per heavy atom. The summed E-state index contributed by atoms with van der Waals surface area (Å²) in [6.07, 6.45) is 3.08. The molecule has 1 aromatic heterocycles. The smallest absolute Gasteiger partial charge is 0.292 e. The lowest BCUT2D eigenvalue weighted by Crippen LogP contribution is -2.39. The quantitative estimate of drug-likeness (QED) is 0.568. The van der Waals surface area contributed by atoms with Crippen molar-refractivity contribution in [2.75, 3.05) is 0 Å². The molecule has 0 bridgehead atoms. The van der Waals surface area contributed by atoms with Crippen LogP contribution in [-0.4, -0.2) is 22.7 Å². The van der Waals surface area contributed by atoms with Gasteiger partial charge in [-0.25, -0.2) is 0 Å². The Balaban J connectivity index is 1.52. The van der Waals surface area contributed by atoms with Crippen molar-refractivity contribution >= 4 is 34.2 Å². The topological polar surface area (TPSA) is 62.0 Å². The zero-order chi connectivity index (χ0) is 16.7. The van der Waals surface area contributed by atoms with Gasteiger partial charge in [0.25, 0.3) is 11.7 Å². The minimum atomic E-state index is -0.575. The number of hydrogen-bond acceptors (Lipinski definition) is 2. The van der Waals surface area contributed by atoms with E-state index in [0.717, 1.165) is 18.4 Å². The highest BCUT2D eigenvalue weighted by molar-refractivity contribution is 6.45. The molecule has 0 aliphatic heterocycles. The number of Topliss-reactive ketones (excluding diaryl/α,β-unsaturated/α-hetero) is 1. The molecule has 4 rings (SSSR count). The minimum absolute atomic E-state index is 0.0346. The Morgan fingerprint density at radius 3 is 2.50 bits per heavy atom. The predicted molar refractivity (Wildman–Crippen MR) is 93.4 cm³/mol. The molecule has 0 atom stereocenters. The van der Waals surface area contributed by atoms with Gasteiger partial charge in [0.1, 0.15) is 0 Å². The number of benzene rings is 2. The average Bonchev–Trinajstić information content (AvgIpc) is 3.16. The van der Waals surface area contributed by atoms with Crippen molar-refractivity contribution < 1.29 is 9.59 Å². The van der Waals surface area contributed by atoms with Crippen molar-refractivity contribution in [1.29, 1.82) is 0 Å². The summed E-state index contributed by atoms with van der Waals surface area (Å²) < 4.78 is 0. The summed E-state index contributed by atoms with van der Waals surface area (Å²) in [7, 11) is 0. The van der Waals surface area contributed by atoms with Crippen LogP contribution in [0.5, 0.6) is 0 Å². The molecule has 0 radical (unpaired) electrons. The van der Waals surface area contributed by atoms with E-state index < -0.39 is 11.7 Å². The summed E-state index contributed by atoms with van der Waals surface area (Å²) in [6, 6.07) is 13.3. The Hall–Kier alpha value is -2.59. The summed E-state index contributed by atoms with van der Waals surface area (Å²) in [6.45, 7) is 0. The van der Waals surface area contributed by atoms with Crippen molar-refractivity contribution in [3.05, 3.63) is 70.4 Å². The van der Waals surface area contributed by atoms with E-state index in [4.69, 9.17) is 11.6 Å². The second-order valence-corrected chi connectivity index (χ2v) is 6.51. The second kappa shape index (κ2) is 5.80. The van der Waals surface area contributed by atoms with Crippen molar-refractivity contribution in [2.45, 2.75) is 18.9 Å². The van der Waals surface area contributed by atoms with Gasteiger partial charge in [-0.15, -0.1) is 0 Å². The molecule has 5 heteroatoms. The lowest BCUT2D eigenvalue weighted by molar-refractivity contribution is -0.117. The summed E-state index contributed by atoms with van der Waals surface area (Å²) in [4.78, 5) is 27.9. The van der Waals surface area contributed by atoms with Gasteiger partial charge in [0.15, 0.2) is 0 Å². The molecule has 1 amide bonds. The number of ketones is 1. The molecule has 0 saturated carbocycles. The number of H-pyrrole nitrogens is 1. The summed E-state index contributed by atoms with van der Waals surface area (Å²) in [5.74, 6) is -1.12. The molecule has 1 heterocycles. The van der Waals surface area contributed by atoms with E-state index in [9.17, 15) is 9.59 Å². The second-order valence-electron chi connectivity index (χ2n) is 6.07. The first-order valence-corrected chi connectivity index (χ1v) is 8.18. The molecule has 0 unspecified atom stereocenters. The molecule has 0 saturated heterocycles. The molecular weight excluding hydrogens is 324 g/mol. The highest BCUT2D eigenvalue weighted by atomic mass is 35.5. The SMILES string of the molecule is O=C(NC1Cc2ccccc2C1)C(=O)c1c[nH]c2ccc(Cl)cc12. The highest BCUT2D eigenvalue weighted by Gasteiger charge is 2.26. The Bertz CT molecular complexity index is 936. The number of carbonyl (C=O) groups excluding carboxylic acids is 2. The van der Waals surface area contributed by atoms with Crippen LogP contribution in [0.15, 0.2) is 48.7 Å². The molecule has 2 aromatic carbocycles. The number of nitrogens with one attached hydrogen (secondary N) is 2. The van der Waals surface area contributed by atoms with Crippen molar-refractivity contribution in [2.24, 2.45) is 0 Å². The Morgan fingerprint density at radius 2 is 1.79 bits per heavy atom. The molecule has 0 fully saturated rings. The average molecular weight is 339 g/mol. The third kappa shape index (κ3) is 2.59. The summed E-state index contributed by atoms with van der Waals surface area (Å²) in [5.41, 5.74) is 3.59. The van der Waals surface area contributed by atoms with Gasteiger partial charge in [-0.2, -0.15) is 0 Å². The number of halogens is 1. The van der Waals surface area contributed by atoms with Crippen molar-refractivity contribution in [1.82, 2.24) is 10.3 Å². The lowest BCUT2D eigenvalue weighted by atomic mass is 10.1. The number of aromatic nitrogens is 1. The van der Waals surface area contributed by atoms with Gasteiger partial charge in [0, 0.05) is 28.2 Å². The predicted octanol–water partition coefficient (Wildman–Crippen LogP) is 3.29. The normalized spacial score (nSPS) is 13.9. The highest BCUT2D eigenvalue weighted by Crippen LogP contribution is 2.24. The maximum absolute atomic E-state index is 12.5. The zero-order valence-corrected chi connectivity index (χ0v) is 13.6. The largest absolute Gasteiger partial charge is 0.360 e. The molecule has 1 aliphatic rings. The van der Waals surface area contributed by atoms with Crippen LogP contribution in [-0.2, 0) is 17.6 Å². The fraction of sp³-hybridized carbons (Fsp3) is 0.158. The van der Waals surface area contributed by atoms with Crippen LogP contribution in [0.1, 0.15) is 21.5 Å². The number of rotatable bonds is 3. The number of hydrogen-bond donors (Lipinski definition) is 2. The number of amides is 1. The van der Waals surface area contributed by atoms with Gasteiger partial charge in [-0.1, -0.05) is 35.9 Å². The van der Waals surface area contributed by atoms with E-state index in [1.165, 1.54) is 11.1 Å². The molecule has 2 N–H and O–H groups in total. The van der Waals surface area contributed by atoms with E-state index in [1.807, 2.05) is 12.1 Å². The van der Waals surface area contributed by atoms with Crippen LogP contribution in [0, 0.1) is 0 Å². The van der Waals surface area contributed by atoms with E-state index in [1.54, 1.807) is 24.4 Å². The third-order valence-corrected chi connectivity index (χ3v) is 4.72. The van der Waals surface area contributed by atoms with Gasteiger partial charge < -0.3 is 10.3 Å². The van der Waals surface area contributed by atoms with Gasteiger partial charge >= 0.3 is 0 Å². The van der Waals surface area contributed by atoms with Crippen LogP contribution in [0.2, 0.25) is 5.02 Å². The molecule has 120 valence electrons. The summed E-state index contributed by atoms with van der Waals surface area (Å²) >= 11 is 6.00. The Labute approximate surface area is 143 Å². The first-order valence-electron chi connectivity index (χ1n) is 7.80. The first-order chi connectivity index (χ1) is 11.6. The number of aromatic amines is 1. The standard InChI is InChI=1S/C19H15ClN2O2/c20-13-5-6-17-15(9-13)16(10-21-17)18(23)19(24)22-14-7-11-3-1-2-4-12(11)8-14/h1-6,9-10,14,21H,7-8H2,(H,22,24). The van der Waals surface area contributed by atoms with E-state index in [2.05, 4.69) is 22.4 Å². The minimum Gasteiger partial charge on any atom is -0.360 e. The van der Waals surface area contributed by atoms with Crippen molar-refractivity contribution in [3.63, 3.8) is 0 Å². The van der Waals surface area contributed by atoms with Crippen molar-refractivity contribution in [3.8, 4) is 0 Å². The van der Waals surface area contributed by atoms with Gasteiger partial charge in [-0.3, -0.25) is 9.59 Å². The van der Waals surface area contributed by atoms with E-state index in [0.29, 0.717) is 16.0 Å². The van der Waals surface area contributed by atoms with Crippen LogP contribution in [0.25, 0.3) is 10.9 Å². The summed E-state index contributed by atoms with van der Waals surface area (Å²) in [5, 5.41) is 4.05. The number of fused-ring (bicyclic) bond motifs is 2. The maximum Gasteiger partial charge on any atom is 0.292 e. The van der Waals surface area contributed by atoms with Crippen LogP contribution in [0.4, 0.5) is 0 Å². The maximum atomic E-state index is 12.5. The number of carbonyl (C=O) groups is 2. The molecule has 0 spiro atoms. The van der Waals surface area contributed by atoms with Crippen LogP contribution >= 0.6 is 11.6 Å². The van der Waals surface area contributed by atoms with Gasteiger partial charge in [0.2, 0.25) is 0 Å². The molecule has 3 aromatic rings. The van der Waals surface area contributed by atoms with E-state index >= 15 is 0 Å². The van der Waals surface area contributed by atoms with Gasteiger partial charge in [0.05, 0.1) is 5.56 Å². The monoisotopic (exact) mass is 338 g/mol. The molecule has 4 nitrogen and oxygen atoms in total. The van der Waals surface area contributed by atoms with E-state index in [-0.39, 0.29) is 6.04 Å². The lowest BCUT2D eigenvalue weighted by Gasteiger charge is -2.11. The van der Waals surface area contributed by atoms with Gasteiger partial charge in [-0.05, 0) is 42.2 Å². The molecule has 24 heavy (non-hydrogen) atoms. The Kier molecular flexibility index (Phi) is 3.62. The zero-order valence-electron chi connectivity index (χ0n) is 12.8. The molecular formula is C19H15ClN2O2. The molecule has 1 aliphatic carbocycles.